The number of fused-ring (bicyclic) bond motifs is 1. The number of carbonyl (C=O) groups is 2. The van der Waals surface area contributed by atoms with Crippen molar-refractivity contribution in [3.8, 4) is 11.5 Å². The Bertz CT molecular complexity index is 1130. The van der Waals surface area contributed by atoms with Crippen LogP contribution >= 0.6 is 0 Å². The lowest BCUT2D eigenvalue weighted by atomic mass is 10.0. The van der Waals surface area contributed by atoms with Gasteiger partial charge in [0.15, 0.2) is 0 Å². The quantitative estimate of drug-likeness (QED) is 0.437. The first kappa shape index (κ1) is 21.9. The Hall–Kier alpha value is -3.81. The van der Waals surface area contributed by atoms with E-state index in [1.807, 2.05) is 0 Å². The van der Waals surface area contributed by atoms with Gasteiger partial charge in [-0.2, -0.15) is 0 Å². The van der Waals surface area contributed by atoms with Crippen molar-refractivity contribution < 1.29 is 28.2 Å². The summed E-state index contributed by atoms with van der Waals surface area (Å²) in [6.07, 6.45) is -0.0703. The average Bonchev–Trinajstić information content (AvgIpc) is 2.76. The summed E-state index contributed by atoms with van der Waals surface area (Å²) in [5, 5.41) is 3.40. The standard InChI is InChI=1S/C23H23NO7/c1-14(25)24-20(15-4-6-17(28-2)7-5-15)12-22(26)30-13-16-10-23(27)31-21-11-18(29-3)8-9-19(16)21/h4-11,20H,12-13H2,1-3H3,(H,24,25)/t20-/m1/s1. The summed E-state index contributed by atoms with van der Waals surface area (Å²) < 4.78 is 20.9. The molecule has 8 nitrogen and oxygen atoms in total. The third-order valence-electron chi connectivity index (χ3n) is 4.69. The lowest BCUT2D eigenvalue weighted by Crippen LogP contribution is -2.28. The highest BCUT2D eigenvalue weighted by molar-refractivity contribution is 5.82. The van der Waals surface area contributed by atoms with E-state index in [-0.39, 0.29) is 18.9 Å². The second-order valence-electron chi connectivity index (χ2n) is 6.84. The first-order chi connectivity index (χ1) is 14.9. The highest BCUT2D eigenvalue weighted by Crippen LogP contribution is 2.24. The fourth-order valence-electron chi connectivity index (χ4n) is 3.17. The molecule has 0 saturated carbocycles. The normalized spacial score (nSPS) is 11.6. The maximum atomic E-state index is 12.5. The topological polar surface area (TPSA) is 104 Å². The van der Waals surface area contributed by atoms with Crippen molar-refractivity contribution in [3.05, 3.63) is 70.1 Å². The Morgan fingerprint density at radius 2 is 1.68 bits per heavy atom. The van der Waals surface area contributed by atoms with Crippen LogP contribution in [0.3, 0.4) is 0 Å². The predicted molar refractivity (Wildman–Crippen MR) is 113 cm³/mol. The molecular formula is C23H23NO7. The molecule has 31 heavy (non-hydrogen) atoms. The van der Waals surface area contributed by atoms with E-state index in [1.54, 1.807) is 49.6 Å². The minimum absolute atomic E-state index is 0.0703. The number of carbonyl (C=O) groups excluding carboxylic acids is 2. The molecule has 1 heterocycles. The Labute approximate surface area is 178 Å². The van der Waals surface area contributed by atoms with Crippen LogP contribution in [-0.2, 0) is 20.9 Å². The monoisotopic (exact) mass is 425 g/mol. The molecule has 8 heteroatoms. The Morgan fingerprint density at radius 3 is 2.32 bits per heavy atom. The molecule has 162 valence electrons. The number of esters is 1. The summed E-state index contributed by atoms with van der Waals surface area (Å²) >= 11 is 0. The number of rotatable bonds is 8. The predicted octanol–water partition coefficient (Wildman–Crippen LogP) is 3.12. The van der Waals surface area contributed by atoms with E-state index in [1.165, 1.54) is 20.1 Å². The molecule has 0 aliphatic heterocycles. The van der Waals surface area contributed by atoms with Gasteiger partial charge < -0.3 is 23.9 Å². The SMILES string of the molecule is COc1ccc([C@@H](CC(=O)OCc2cc(=O)oc3cc(OC)ccc23)NC(C)=O)cc1. The van der Waals surface area contributed by atoms with Gasteiger partial charge in [0, 0.05) is 30.0 Å². The van der Waals surface area contributed by atoms with Crippen LogP contribution in [0, 0.1) is 0 Å². The van der Waals surface area contributed by atoms with E-state index in [0.717, 1.165) is 5.56 Å². The molecule has 0 fully saturated rings. The van der Waals surface area contributed by atoms with Crippen molar-refractivity contribution in [2.24, 2.45) is 0 Å². The second-order valence-corrected chi connectivity index (χ2v) is 6.84. The van der Waals surface area contributed by atoms with Gasteiger partial charge in [-0.25, -0.2) is 4.79 Å². The van der Waals surface area contributed by atoms with Crippen LogP contribution in [0.25, 0.3) is 11.0 Å². The van der Waals surface area contributed by atoms with E-state index in [2.05, 4.69) is 5.32 Å². The molecule has 3 aromatic rings. The van der Waals surface area contributed by atoms with E-state index < -0.39 is 17.6 Å². The molecule has 1 atom stereocenters. The smallest absolute Gasteiger partial charge is 0.336 e. The van der Waals surface area contributed by atoms with Crippen molar-refractivity contribution >= 4 is 22.8 Å². The van der Waals surface area contributed by atoms with Crippen molar-refractivity contribution in [2.45, 2.75) is 26.0 Å². The lowest BCUT2D eigenvalue weighted by Gasteiger charge is -2.18. The van der Waals surface area contributed by atoms with Crippen molar-refractivity contribution in [1.29, 1.82) is 0 Å². The van der Waals surface area contributed by atoms with Gasteiger partial charge in [0.1, 0.15) is 23.7 Å². The zero-order valence-corrected chi connectivity index (χ0v) is 17.5. The number of benzene rings is 2. The van der Waals surface area contributed by atoms with Crippen molar-refractivity contribution in [3.63, 3.8) is 0 Å². The fourth-order valence-corrected chi connectivity index (χ4v) is 3.17. The van der Waals surface area contributed by atoms with Crippen molar-refractivity contribution in [2.75, 3.05) is 14.2 Å². The Morgan fingerprint density at radius 1 is 1.00 bits per heavy atom. The van der Waals surface area contributed by atoms with E-state index in [4.69, 9.17) is 18.6 Å². The minimum Gasteiger partial charge on any atom is -0.497 e. The molecule has 0 aliphatic carbocycles. The van der Waals surface area contributed by atoms with Crippen LogP contribution in [0.15, 0.2) is 57.7 Å². The van der Waals surface area contributed by atoms with Gasteiger partial charge >= 0.3 is 11.6 Å². The molecule has 1 N–H and O–H groups in total. The molecular weight excluding hydrogens is 402 g/mol. The second kappa shape index (κ2) is 9.80. The number of ether oxygens (including phenoxy) is 3. The third-order valence-corrected chi connectivity index (χ3v) is 4.69. The van der Waals surface area contributed by atoms with Gasteiger partial charge in [0.05, 0.1) is 26.7 Å². The van der Waals surface area contributed by atoms with Crippen LogP contribution in [0.4, 0.5) is 0 Å². The summed E-state index contributed by atoms with van der Waals surface area (Å²) in [5.41, 5.74) is 1.04. The molecule has 1 aromatic heterocycles. The van der Waals surface area contributed by atoms with E-state index >= 15 is 0 Å². The number of methoxy groups -OCH3 is 2. The first-order valence-corrected chi connectivity index (χ1v) is 9.57. The Balaban J connectivity index is 1.74. The zero-order chi connectivity index (χ0) is 22.4. The Kier molecular flexibility index (Phi) is 6.92. The van der Waals surface area contributed by atoms with Crippen molar-refractivity contribution in [1.82, 2.24) is 5.32 Å². The summed E-state index contributed by atoms with van der Waals surface area (Å²) in [6, 6.07) is 12.8. The highest BCUT2D eigenvalue weighted by Gasteiger charge is 2.19. The van der Waals surface area contributed by atoms with Gasteiger partial charge in [-0.3, -0.25) is 9.59 Å². The molecule has 1 amide bonds. The summed E-state index contributed by atoms with van der Waals surface area (Å²) in [6.45, 7) is 1.27. The minimum atomic E-state index is -0.558. The maximum absolute atomic E-state index is 12.5. The maximum Gasteiger partial charge on any atom is 0.336 e. The number of hydrogen-bond donors (Lipinski definition) is 1. The lowest BCUT2D eigenvalue weighted by molar-refractivity contribution is -0.145. The van der Waals surface area contributed by atoms with Gasteiger partial charge in [0.2, 0.25) is 5.91 Å². The van der Waals surface area contributed by atoms with Crippen LogP contribution in [0.5, 0.6) is 11.5 Å². The van der Waals surface area contributed by atoms with Gasteiger partial charge in [-0.15, -0.1) is 0 Å². The van der Waals surface area contributed by atoms with Crippen LogP contribution in [0.2, 0.25) is 0 Å². The fraction of sp³-hybridized carbons (Fsp3) is 0.261. The van der Waals surface area contributed by atoms with E-state index in [0.29, 0.717) is 28.0 Å². The summed E-state index contributed by atoms with van der Waals surface area (Å²) in [4.78, 5) is 36.0. The van der Waals surface area contributed by atoms with Gasteiger partial charge in [-0.05, 0) is 29.8 Å². The highest BCUT2D eigenvalue weighted by atomic mass is 16.5. The van der Waals surface area contributed by atoms with Gasteiger partial charge in [-0.1, -0.05) is 12.1 Å². The first-order valence-electron chi connectivity index (χ1n) is 9.57. The summed E-state index contributed by atoms with van der Waals surface area (Å²) in [7, 11) is 3.07. The molecule has 0 bridgehead atoms. The van der Waals surface area contributed by atoms with Crippen LogP contribution in [-0.4, -0.2) is 26.1 Å². The largest absolute Gasteiger partial charge is 0.497 e. The molecule has 0 saturated heterocycles. The zero-order valence-electron chi connectivity index (χ0n) is 17.5. The van der Waals surface area contributed by atoms with E-state index in [9.17, 15) is 14.4 Å². The molecule has 0 aliphatic rings. The summed E-state index contributed by atoms with van der Waals surface area (Å²) in [5.74, 6) is 0.417. The van der Waals surface area contributed by atoms with Gasteiger partial charge in [0.25, 0.3) is 0 Å². The number of nitrogens with one attached hydrogen (secondary N) is 1. The van der Waals surface area contributed by atoms with Crippen LogP contribution in [0.1, 0.15) is 30.5 Å². The van der Waals surface area contributed by atoms with Crippen LogP contribution < -0.4 is 20.4 Å². The average molecular weight is 425 g/mol. The molecule has 0 radical (unpaired) electrons. The molecule has 0 unspecified atom stereocenters. The molecule has 0 spiro atoms. The number of amides is 1. The third kappa shape index (κ3) is 5.63. The molecule has 2 aromatic carbocycles. The number of hydrogen-bond acceptors (Lipinski definition) is 7. The molecule has 3 rings (SSSR count).